The number of benzene rings is 1. The van der Waals surface area contributed by atoms with Crippen LogP contribution in [-0.2, 0) is 7.05 Å². The number of carbonyl (C=O) groups is 1. The van der Waals surface area contributed by atoms with Crippen LogP contribution in [-0.4, -0.2) is 15.6 Å². The van der Waals surface area contributed by atoms with E-state index in [1.165, 1.54) is 12.3 Å². The first-order chi connectivity index (χ1) is 8.56. The second-order valence-electron chi connectivity index (χ2n) is 3.77. The van der Waals surface area contributed by atoms with Crippen LogP contribution in [0.4, 0.5) is 0 Å². The molecule has 0 unspecified atom stereocenters. The van der Waals surface area contributed by atoms with E-state index < -0.39 is 0 Å². The first-order valence-electron chi connectivity index (χ1n) is 5.22. The largest absolute Gasteiger partial charge is 0.289 e. The van der Waals surface area contributed by atoms with Gasteiger partial charge in [-0.2, -0.15) is 5.10 Å². The molecule has 3 nitrogen and oxygen atoms in total. The van der Waals surface area contributed by atoms with Gasteiger partial charge in [-0.05, 0) is 23.8 Å². The number of aryl methyl sites for hydroxylation is 1. The van der Waals surface area contributed by atoms with Gasteiger partial charge >= 0.3 is 0 Å². The lowest BCUT2D eigenvalue weighted by molar-refractivity contribution is 0.104. The van der Waals surface area contributed by atoms with Crippen LogP contribution < -0.4 is 0 Å². The number of halogens is 2. The highest BCUT2D eigenvalue weighted by Gasteiger charge is 2.04. The van der Waals surface area contributed by atoms with Crippen molar-refractivity contribution in [2.24, 2.45) is 7.05 Å². The molecule has 1 aromatic heterocycles. The van der Waals surface area contributed by atoms with E-state index in [2.05, 4.69) is 5.10 Å². The minimum atomic E-state index is -0.103. The topological polar surface area (TPSA) is 34.9 Å². The number of rotatable bonds is 3. The smallest absolute Gasteiger partial charge is 0.189 e. The zero-order valence-corrected chi connectivity index (χ0v) is 11.1. The maximum atomic E-state index is 11.8. The predicted octanol–water partition coefficient (Wildman–Crippen LogP) is 3.62. The molecular weight excluding hydrogens is 271 g/mol. The second-order valence-corrected chi connectivity index (χ2v) is 4.59. The van der Waals surface area contributed by atoms with Crippen LogP contribution in [0.2, 0.25) is 10.0 Å². The number of nitrogens with zero attached hydrogens (tertiary/aromatic N) is 2. The average Bonchev–Trinajstić information content (AvgIpc) is 2.77. The molecule has 0 amide bonds. The first-order valence-corrected chi connectivity index (χ1v) is 5.98. The van der Waals surface area contributed by atoms with Crippen molar-refractivity contribution in [3.63, 3.8) is 0 Å². The van der Waals surface area contributed by atoms with Gasteiger partial charge in [0.15, 0.2) is 5.78 Å². The lowest BCUT2D eigenvalue weighted by Gasteiger charge is -1.97. The Morgan fingerprint density at radius 1 is 1.33 bits per heavy atom. The minimum absolute atomic E-state index is 0.103. The lowest BCUT2D eigenvalue weighted by Crippen LogP contribution is -1.91. The van der Waals surface area contributed by atoms with Crippen molar-refractivity contribution in [1.82, 2.24) is 9.78 Å². The molecule has 0 aliphatic carbocycles. The summed E-state index contributed by atoms with van der Waals surface area (Å²) in [5.74, 6) is -0.103. The Morgan fingerprint density at radius 3 is 2.72 bits per heavy atom. The molecule has 0 aliphatic heterocycles. The number of carbonyl (C=O) groups excluding carboxylic acids is 1. The molecule has 1 aromatic carbocycles. The second kappa shape index (κ2) is 5.38. The normalized spacial score (nSPS) is 11.1. The Kier molecular flexibility index (Phi) is 3.84. The number of ketones is 1. The van der Waals surface area contributed by atoms with E-state index in [1.54, 1.807) is 42.2 Å². The number of hydrogen-bond donors (Lipinski definition) is 0. The highest BCUT2D eigenvalue weighted by Crippen LogP contribution is 2.23. The van der Waals surface area contributed by atoms with Crippen LogP contribution in [0, 0.1) is 0 Å². The molecule has 2 rings (SSSR count). The highest BCUT2D eigenvalue weighted by atomic mass is 35.5. The molecule has 0 saturated carbocycles. The van der Waals surface area contributed by atoms with E-state index in [0.717, 1.165) is 5.56 Å². The lowest BCUT2D eigenvalue weighted by atomic mass is 10.1. The number of allylic oxidation sites excluding steroid dienone is 1. The summed E-state index contributed by atoms with van der Waals surface area (Å²) in [5, 5.41) is 4.90. The Bertz CT molecular complexity index is 617. The van der Waals surface area contributed by atoms with Crippen LogP contribution >= 0.6 is 23.2 Å². The van der Waals surface area contributed by atoms with Crippen molar-refractivity contribution in [3.05, 3.63) is 57.8 Å². The summed E-state index contributed by atoms with van der Waals surface area (Å²) >= 11 is 11.7. The quantitative estimate of drug-likeness (QED) is 0.636. The molecule has 2 aromatic rings. The maximum absolute atomic E-state index is 11.8. The van der Waals surface area contributed by atoms with Gasteiger partial charge < -0.3 is 0 Å². The van der Waals surface area contributed by atoms with Crippen molar-refractivity contribution in [3.8, 4) is 0 Å². The summed E-state index contributed by atoms with van der Waals surface area (Å²) in [7, 11) is 1.76. The van der Waals surface area contributed by atoms with Gasteiger partial charge in [-0.25, -0.2) is 0 Å². The molecule has 5 heteroatoms. The van der Waals surface area contributed by atoms with Gasteiger partial charge in [0.1, 0.15) is 0 Å². The molecule has 0 spiro atoms. The molecular formula is C13H10Cl2N2O. The summed E-state index contributed by atoms with van der Waals surface area (Å²) in [6.45, 7) is 0. The van der Waals surface area contributed by atoms with Crippen LogP contribution in [0.3, 0.4) is 0 Å². The van der Waals surface area contributed by atoms with Gasteiger partial charge in [-0.3, -0.25) is 9.48 Å². The van der Waals surface area contributed by atoms with Crippen molar-refractivity contribution >= 4 is 35.1 Å². The zero-order chi connectivity index (χ0) is 13.1. The van der Waals surface area contributed by atoms with Crippen LogP contribution in [0.5, 0.6) is 0 Å². The monoisotopic (exact) mass is 280 g/mol. The van der Waals surface area contributed by atoms with Crippen molar-refractivity contribution in [2.75, 3.05) is 0 Å². The molecule has 0 saturated heterocycles. The third-order valence-corrected chi connectivity index (χ3v) is 3.10. The SMILES string of the molecule is Cn1cc(C(=O)C=Cc2ccc(Cl)c(Cl)c2)cn1. The van der Waals surface area contributed by atoms with Gasteiger partial charge in [0, 0.05) is 13.2 Å². The molecule has 92 valence electrons. The fraction of sp³-hybridized carbons (Fsp3) is 0.0769. The maximum Gasteiger partial charge on any atom is 0.189 e. The van der Waals surface area contributed by atoms with E-state index in [9.17, 15) is 4.79 Å². The molecule has 18 heavy (non-hydrogen) atoms. The third-order valence-electron chi connectivity index (χ3n) is 2.36. The molecule has 0 atom stereocenters. The van der Waals surface area contributed by atoms with Gasteiger partial charge in [-0.1, -0.05) is 35.3 Å². The Morgan fingerprint density at radius 2 is 2.11 bits per heavy atom. The van der Waals surface area contributed by atoms with E-state index >= 15 is 0 Å². The molecule has 0 bridgehead atoms. The standard InChI is InChI=1S/C13H10Cl2N2O/c1-17-8-10(7-16-17)13(18)5-3-9-2-4-11(14)12(15)6-9/h2-8H,1H3. The summed E-state index contributed by atoms with van der Waals surface area (Å²) in [6.07, 6.45) is 6.37. The van der Waals surface area contributed by atoms with E-state index in [0.29, 0.717) is 15.6 Å². The van der Waals surface area contributed by atoms with Gasteiger partial charge in [0.2, 0.25) is 0 Å². The minimum Gasteiger partial charge on any atom is -0.289 e. The van der Waals surface area contributed by atoms with Crippen LogP contribution in [0.15, 0.2) is 36.7 Å². The van der Waals surface area contributed by atoms with Gasteiger partial charge in [-0.15, -0.1) is 0 Å². The molecule has 0 fully saturated rings. The third kappa shape index (κ3) is 3.00. The predicted molar refractivity (Wildman–Crippen MR) is 73.0 cm³/mol. The fourth-order valence-corrected chi connectivity index (χ4v) is 1.74. The van der Waals surface area contributed by atoms with Crippen molar-refractivity contribution < 1.29 is 4.79 Å². The fourth-order valence-electron chi connectivity index (χ4n) is 1.43. The Balaban J connectivity index is 2.15. The van der Waals surface area contributed by atoms with Crippen molar-refractivity contribution in [2.45, 2.75) is 0 Å². The Hall–Kier alpha value is -1.58. The molecule has 0 aliphatic rings. The molecule has 1 heterocycles. The average molecular weight is 281 g/mol. The van der Waals surface area contributed by atoms with Gasteiger partial charge in [0.25, 0.3) is 0 Å². The zero-order valence-electron chi connectivity index (χ0n) is 9.60. The summed E-state index contributed by atoms with van der Waals surface area (Å²) in [5.41, 5.74) is 1.37. The van der Waals surface area contributed by atoms with E-state index in [-0.39, 0.29) is 5.78 Å². The molecule has 0 N–H and O–H groups in total. The van der Waals surface area contributed by atoms with Crippen molar-refractivity contribution in [1.29, 1.82) is 0 Å². The summed E-state index contributed by atoms with van der Waals surface area (Å²) in [6, 6.07) is 5.19. The highest BCUT2D eigenvalue weighted by molar-refractivity contribution is 6.42. The first kappa shape index (κ1) is 12.9. The number of hydrogen-bond acceptors (Lipinski definition) is 2. The van der Waals surface area contributed by atoms with Gasteiger partial charge in [0.05, 0.1) is 21.8 Å². The van der Waals surface area contributed by atoms with E-state index in [4.69, 9.17) is 23.2 Å². The van der Waals surface area contributed by atoms with Crippen LogP contribution in [0.25, 0.3) is 6.08 Å². The summed E-state index contributed by atoms with van der Waals surface area (Å²) < 4.78 is 1.58. The molecule has 0 radical (unpaired) electrons. The Labute approximate surface area is 115 Å². The van der Waals surface area contributed by atoms with E-state index in [1.807, 2.05) is 0 Å². The number of aromatic nitrogens is 2. The summed E-state index contributed by atoms with van der Waals surface area (Å²) in [4.78, 5) is 11.8. The van der Waals surface area contributed by atoms with Crippen LogP contribution in [0.1, 0.15) is 15.9 Å².